The summed E-state index contributed by atoms with van der Waals surface area (Å²) in [4.78, 5) is 60.8. The van der Waals surface area contributed by atoms with Crippen LogP contribution in [0.5, 0.6) is 0 Å². The number of hydrogen-bond donors (Lipinski definition) is 4. The molecule has 1 aliphatic heterocycles. The van der Waals surface area contributed by atoms with E-state index in [1.54, 1.807) is 38.1 Å². The van der Waals surface area contributed by atoms with Crippen LogP contribution in [0.25, 0.3) is 0 Å². The number of rotatable bonds is 8. The van der Waals surface area contributed by atoms with Crippen molar-refractivity contribution >= 4 is 51.5 Å². The number of esters is 1. The highest BCUT2D eigenvalue weighted by Crippen LogP contribution is 2.28. The number of anilines is 1. The van der Waals surface area contributed by atoms with Gasteiger partial charge in [-0.25, -0.2) is 15.0 Å². The quantitative estimate of drug-likeness (QED) is 0.243. The molecule has 1 heterocycles. The summed E-state index contributed by atoms with van der Waals surface area (Å²) >= 11 is 3.28. The number of carbonyl (C=O) groups is 5. The minimum absolute atomic E-state index is 0.0139. The molecule has 1 aromatic rings. The highest BCUT2D eigenvalue weighted by atomic mass is 79.9. The van der Waals surface area contributed by atoms with Crippen LogP contribution in [-0.4, -0.2) is 53.5 Å². The highest BCUT2D eigenvalue weighted by Gasteiger charge is 2.55. The van der Waals surface area contributed by atoms with Gasteiger partial charge in [-0.3, -0.25) is 14.4 Å². The number of hydrazine groups is 1. The number of benzene rings is 1. The first-order chi connectivity index (χ1) is 14.5. The van der Waals surface area contributed by atoms with Gasteiger partial charge in [-0.05, 0) is 30.2 Å². The van der Waals surface area contributed by atoms with Crippen LogP contribution >= 0.6 is 15.9 Å². The van der Waals surface area contributed by atoms with Crippen LogP contribution < -0.4 is 21.4 Å². The molecule has 2 rings (SSSR count). The third-order valence-electron chi connectivity index (χ3n) is 4.59. The van der Waals surface area contributed by atoms with Crippen molar-refractivity contribution in [2.75, 3.05) is 18.5 Å². The summed E-state index contributed by atoms with van der Waals surface area (Å²) in [5.74, 6) is -2.21. The zero-order valence-electron chi connectivity index (χ0n) is 17.3. The fourth-order valence-electron chi connectivity index (χ4n) is 2.90. The van der Waals surface area contributed by atoms with Crippen LogP contribution in [-0.2, 0) is 19.1 Å². The van der Waals surface area contributed by atoms with Gasteiger partial charge < -0.3 is 20.7 Å². The Morgan fingerprint density at radius 3 is 2.42 bits per heavy atom. The van der Waals surface area contributed by atoms with E-state index >= 15 is 0 Å². The monoisotopic (exact) mass is 497 g/mol. The minimum atomic E-state index is -1.53. The third-order valence-corrected chi connectivity index (χ3v) is 5.12. The molecule has 1 unspecified atom stereocenters. The summed E-state index contributed by atoms with van der Waals surface area (Å²) in [5.41, 5.74) is 1.13. The molecule has 11 nitrogen and oxygen atoms in total. The van der Waals surface area contributed by atoms with Gasteiger partial charge in [0.25, 0.3) is 5.91 Å². The van der Waals surface area contributed by atoms with Gasteiger partial charge in [0.1, 0.15) is 12.1 Å². The van der Waals surface area contributed by atoms with Crippen molar-refractivity contribution in [2.45, 2.75) is 32.7 Å². The average Bonchev–Trinajstić information content (AvgIpc) is 2.92. The van der Waals surface area contributed by atoms with Crippen LogP contribution in [0.4, 0.5) is 15.3 Å². The predicted molar refractivity (Wildman–Crippen MR) is 114 cm³/mol. The lowest BCUT2D eigenvalue weighted by atomic mass is 9.83. The number of nitrogens with zero attached hydrogens (tertiary/aromatic N) is 1. The Morgan fingerprint density at radius 1 is 1.19 bits per heavy atom. The van der Waals surface area contributed by atoms with E-state index in [0.29, 0.717) is 10.7 Å². The Balaban J connectivity index is 2.02. The summed E-state index contributed by atoms with van der Waals surface area (Å²) in [5, 5.41) is 8.12. The van der Waals surface area contributed by atoms with Gasteiger partial charge in [0.15, 0.2) is 0 Å². The molecule has 0 radical (unpaired) electrons. The fraction of sp³-hybridized carbons (Fsp3) is 0.421. The fourth-order valence-corrected chi connectivity index (χ4v) is 3.17. The van der Waals surface area contributed by atoms with E-state index in [1.165, 1.54) is 6.92 Å². The van der Waals surface area contributed by atoms with Crippen molar-refractivity contribution in [1.29, 1.82) is 0 Å². The normalized spacial score (nSPS) is 17.9. The second kappa shape index (κ2) is 10.2. The highest BCUT2D eigenvalue weighted by molar-refractivity contribution is 9.10. The van der Waals surface area contributed by atoms with Gasteiger partial charge in [-0.1, -0.05) is 29.8 Å². The smallest absolute Gasteiger partial charge is 0.344 e. The van der Waals surface area contributed by atoms with Crippen molar-refractivity contribution in [3.8, 4) is 0 Å². The third kappa shape index (κ3) is 6.17. The first kappa shape index (κ1) is 24.1. The Morgan fingerprint density at radius 2 is 1.84 bits per heavy atom. The molecule has 168 valence electrons. The SMILES string of the molecule is CC(=O)OCCNC(=O)CC1(C(C)C)NC(=O)N(NC(=O)Nc2ccc(Br)cc2)C1=O. The zero-order chi connectivity index (χ0) is 23.2. The maximum absolute atomic E-state index is 13.0. The van der Waals surface area contributed by atoms with E-state index in [2.05, 4.69) is 37.3 Å². The minimum Gasteiger partial charge on any atom is -0.464 e. The maximum atomic E-state index is 13.0. The summed E-state index contributed by atoms with van der Waals surface area (Å²) in [6.07, 6.45) is -0.345. The molecule has 6 amide bonds. The number of imide groups is 1. The standard InChI is InChI=1S/C19H24BrN5O6/c1-11(2)19(10-15(27)21-8-9-31-12(3)26)16(28)25(18(30)23-19)24-17(29)22-14-6-4-13(20)5-7-14/h4-7,11H,8-10H2,1-3H3,(H,21,27)(H,23,30)(H2,22,24,29). The topological polar surface area (TPSA) is 146 Å². The Kier molecular flexibility index (Phi) is 7.97. The van der Waals surface area contributed by atoms with Crippen molar-refractivity contribution in [3.63, 3.8) is 0 Å². The lowest BCUT2D eigenvalue weighted by molar-refractivity contribution is -0.141. The Bertz CT molecular complexity index is 875. The summed E-state index contributed by atoms with van der Waals surface area (Å²) < 4.78 is 5.55. The number of amides is 6. The van der Waals surface area contributed by atoms with Gasteiger partial charge in [0, 0.05) is 17.1 Å². The molecular weight excluding hydrogens is 474 g/mol. The van der Waals surface area contributed by atoms with Crippen LogP contribution in [0.1, 0.15) is 27.2 Å². The largest absolute Gasteiger partial charge is 0.464 e. The zero-order valence-corrected chi connectivity index (χ0v) is 18.9. The molecule has 1 aromatic carbocycles. The molecular formula is C19H24BrN5O6. The lowest BCUT2D eigenvalue weighted by Crippen LogP contribution is -2.55. The molecule has 31 heavy (non-hydrogen) atoms. The van der Waals surface area contributed by atoms with Crippen molar-refractivity contribution < 1.29 is 28.7 Å². The average molecular weight is 498 g/mol. The van der Waals surface area contributed by atoms with Crippen LogP contribution in [0, 0.1) is 5.92 Å². The van der Waals surface area contributed by atoms with E-state index in [1.807, 2.05) is 0 Å². The van der Waals surface area contributed by atoms with Crippen molar-refractivity contribution in [1.82, 2.24) is 21.1 Å². The first-order valence-corrected chi connectivity index (χ1v) is 10.2. The maximum Gasteiger partial charge on any atom is 0.344 e. The van der Waals surface area contributed by atoms with E-state index in [-0.39, 0.29) is 19.6 Å². The second-order valence-corrected chi connectivity index (χ2v) is 8.05. The van der Waals surface area contributed by atoms with Crippen LogP contribution in [0.15, 0.2) is 28.7 Å². The van der Waals surface area contributed by atoms with Gasteiger partial charge in [-0.15, -0.1) is 0 Å². The molecule has 0 aromatic heterocycles. The number of halogens is 1. The predicted octanol–water partition coefficient (Wildman–Crippen LogP) is 1.50. The van der Waals surface area contributed by atoms with Gasteiger partial charge >= 0.3 is 18.0 Å². The Hall–Kier alpha value is -3.15. The van der Waals surface area contributed by atoms with E-state index in [4.69, 9.17) is 4.74 Å². The molecule has 0 aliphatic carbocycles. The van der Waals surface area contributed by atoms with Crippen LogP contribution in [0.3, 0.4) is 0 Å². The van der Waals surface area contributed by atoms with Gasteiger partial charge in [0.05, 0.1) is 13.0 Å². The van der Waals surface area contributed by atoms with Gasteiger partial charge in [0.2, 0.25) is 5.91 Å². The molecule has 1 atom stereocenters. The van der Waals surface area contributed by atoms with Gasteiger partial charge in [-0.2, -0.15) is 5.01 Å². The molecule has 1 aliphatic rings. The molecule has 1 saturated heterocycles. The molecule has 1 fully saturated rings. The summed E-state index contributed by atoms with van der Waals surface area (Å²) in [7, 11) is 0. The van der Waals surface area contributed by atoms with E-state index in [9.17, 15) is 24.0 Å². The number of carbonyl (C=O) groups excluding carboxylic acids is 5. The summed E-state index contributed by atoms with van der Waals surface area (Å²) in [6, 6.07) is 5.05. The molecule has 0 saturated carbocycles. The van der Waals surface area contributed by atoms with Crippen LogP contribution in [0.2, 0.25) is 0 Å². The lowest BCUT2D eigenvalue weighted by Gasteiger charge is -2.30. The van der Waals surface area contributed by atoms with Crippen molar-refractivity contribution in [3.05, 3.63) is 28.7 Å². The van der Waals surface area contributed by atoms with Crippen molar-refractivity contribution in [2.24, 2.45) is 5.92 Å². The molecule has 0 bridgehead atoms. The molecule has 12 heteroatoms. The number of urea groups is 2. The number of nitrogens with one attached hydrogen (secondary N) is 4. The second-order valence-electron chi connectivity index (χ2n) is 7.14. The first-order valence-electron chi connectivity index (χ1n) is 9.45. The molecule has 4 N–H and O–H groups in total. The van der Waals surface area contributed by atoms with E-state index in [0.717, 1.165) is 4.47 Å². The Labute approximate surface area is 187 Å². The van der Waals surface area contributed by atoms with E-state index < -0.39 is 41.3 Å². The number of hydrogen-bond acceptors (Lipinski definition) is 6. The molecule has 0 spiro atoms. The summed E-state index contributed by atoms with van der Waals surface area (Å²) in [6.45, 7) is 4.65. The number of ether oxygens (including phenoxy) is 1.